The van der Waals surface area contributed by atoms with Crippen LogP contribution in [0.4, 0.5) is 5.69 Å². The van der Waals surface area contributed by atoms with E-state index in [1.54, 1.807) is 0 Å². The Morgan fingerprint density at radius 3 is 2.43 bits per heavy atom. The number of aryl methyl sites for hydroxylation is 2. The molecule has 1 aromatic rings. The van der Waals surface area contributed by atoms with Gasteiger partial charge in [-0.25, -0.2) is 0 Å². The molecule has 1 heterocycles. The smallest absolute Gasteiger partial charge is 0.316 e. The summed E-state index contributed by atoms with van der Waals surface area (Å²) in [5.74, 6) is 0.787. The third kappa shape index (κ3) is 4.41. The summed E-state index contributed by atoms with van der Waals surface area (Å²) in [7, 11) is 0. The molecule has 5 heteroatoms. The largest absolute Gasteiger partial charge is 0.464 e. The molecule has 1 amide bonds. The zero-order chi connectivity index (χ0) is 15.2. The van der Waals surface area contributed by atoms with Crippen LogP contribution in [0.15, 0.2) is 0 Å². The summed E-state index contributed by atoms with van der Waals surface area (Å²) < 4.78 is 5.31. The third-order valence-electron chi connectivity index (χ3n) is 4.04. The van der Waals surface area contributed by atoms with Gasteiger partial charge in [0, 0.05) is 6.42 Å². The molecule has 1 saturated carbocycles. The van der Waals surface area contributed by atoms with Gasteiger partial charge in [0.2, 0.25) is 5.91 Å². The molecule has 0 radical (unpaired) electrons. The van der Waals surface area contributed by atoms with Crippen LogP contribution in [0.25, 0.3) is 0 Å². The summed E-state index contributed by atoms with van der Waals surface area (Å²) in [4.78, 5) is 20.6. The van der Waals surface area contributed by atoms with Gasteiger partial charge in [0.1, 0.15) is 0 Å². The predicted octanol–water partition coefficient (Wildman–Crippen LogP) is 3.40. The number of ether oxygens (including phenoxy) is 1. The van der Waals surface area contributed by atoms with E-state index in [0.29, 0.717) is 19.0 Å². The van der Waals surface area contributed by atoms with Crippen molar-refractivity contribution >= 4 is 11.6 Å². The van der Waals surface area contributed by atoms with Gasteiger partial charge >= 0.3 is 6.01 Å². The third-order valence-corrected chi connectivity index (χ3v) is 4.04. The molecule has 21 heavy (non-hydrogen) atoms. The van der Waals surface area contributed by atoms with Gasteiger partial charge in [0.05, 0.1) is 23.7 Å². The quantitative estimate of drug-likeness (QED) is 0.872. The summed E-state index contributed by atoms with van der Waals surface area (Å²) >= 11 is 0. The molecule has 1 aliphatic rings. The Hall–Kier alpha value is -1.65. The molecule has 116 valence electrons. The van der Waals surface area contributed by atoms with Crippen LogP contribution < -0.4 is 10.1 Å². The molecule has 1 aromatic heterocycles. The standard InChI is InChI=1S/C16H25N3O2/c1-4-21-16-17-11(2)15(12(3)18-16)19-14(20)10-9-13-7-5-6-8-13/h13H,4-10H2,1-3H3,(H,19,20). The predicted molar refractivity (Wildman–Crippen MR) is 82.5 cm³/mol. The molecule has 0 spiro atoms. The summed E-state index contributed by atoms with van der Waals surface area (Å²) in [6, 6.07) is 0.372. The van der Waals surface area contributed by atoms with Crippen molar-refractivity contribution in [2.75, 3.05) is 11.9 Å². The fourth-order valence-corrected chi connectivity index (χ4v) is 2.90. The Morgan fingerprint density at radius 1 is 1.24 bits per heavy atom. The van der Waals surface area contributed by atoms with Crippen molar-refractivity contribution in [3.63, 3.8) is 0 Å². The van der Waals surface area contributed by atoms with Crippen LogP contribution in [0.3, 0.4) is 0 Å². The molecular weight excluding hydrogens is 266 g/mol. The van der Waals surface area contributed by atoms with E-state index in [9.17, 15) is 4.79 Å². The maximum Gasteiger partial charge on any atom is 0.316 e. The second kappa shape index (κ2) is 7.38. The number of amides is 1. The molecule has 2 rings (SSSR count). The van der Waals surface area contributed by atoms with E-state index >= 15 is 0 Å². The molecule has 0 unspecified atom stereocenters. The number of hydrogen-bond donors (Lipinski definition) is 1. The Balaban J connectivity index is 1.93. The highest BCUT2D eigenvalue weighted by Crippen LogP contribution is 2.28. The van der Waals surface area contributed by atoms with Crippen molar-refractivity contribution in [3.8, 4) is 6.01 Å². The molecule has 0 atom stereocenters. The topological polar surface area (TPSA) is 64.1 Å². The van der Waals surface area contributed by atoms with E-state index in [1.807, 2.05) is 20.8 Å². The van der Waals surface area contributed by atoms with Crippen LogP contribution >= 0.6 is 0 Å². The second-order valence-electron chi connectivity index (χ2n) is 5.72. The van der Waals surface area contributed by atoms with Crippen LogP contribution in [0.2, 0.25) is 0 Å². The number of carbonyl (C=O) groups excluding carboxylic acids is 1. The molecule has 0 saturated heterocycles. The minimum absolute atomic E-state index is 0.0564. The average Bonchev–Trinajstić information content (AvgIpc) is 2.94. The van der Waals surface area contributed by atoms with Gasteiger partial charge in [-0.1, -0.05) is 25.7 Å². The van der Waals surface area contributed by atoms with Crippen molar-refractivity contribution in [2.45, 2.75) is 59.3 Å². The van der Waals surface area contributed by atoms with Crippen molar-refractivity contribution in [3.05, 3.63) is 11.4 Å². The lowest BCUT2D eigenvalue weighted by molar-refractivity contribution is -0.116. The lowest BCUT2D eigenvalue weighted by Crippen LogP contribution is -2.16. The lowest BCUT2D eigenvalue weighted by Gasteiger charge is -2.13. The van der Waals surface area contributed by atoms with E-state index in [2.05, 4.69) is 15.3 Å². The first kappa shape index (κ1) is 15.7. The first-order valence-corrected chi connectivity index (χ1v) is 7.88. The summed E-state index contributed by atoms with van der Waals surface area (Å²) in [6.45, 7) is 6.16. The number of hydrogen-bond acceptors (Lipinski definition) is 4. The van der Waals surface area contributed by atoms with E-state index in [4.69, 9.17) is 4.74 Å². The van der Waals surface area contributed by atoms with Gasteiger partial charge in [-0.05, 0) is 33.1 Å². The molecule has 1 fully saturated rings. The van der Waals surface area contributed by atoms with E-state index < -0.39 is 0 Å². The highest BCUT2D eigenvalue weighted by molar-refractivity contribution is 5.91. The molecule has 1 N–H and O–H groups in total. The number of nitrogens with one attached hydrogen (secondary N) is 1. The second-order valence-corrected chi connectivity index (χ2v) is 5.72. The molecule has 5 nitrogen and oxygen atoms in total. The first-order valence-electron chi connectivity index (χ1n) is 7.88. The van der Waals surface area contributed by atoms with Gasteiger partial charge < -0.3 is 10.1 Å². The SMILES string of the molecule is CCOc1nc(C)c(NC(=O)CCC2CCCC2)c(C)n1. The Bertz CT molecular complexity index is 473. The van der Waals surface area contributed by atoms with Gasteiger partial charge in [0.25, 0.3) is 0 Å². The van der Waals surface area contributed by atoms with Crippen molar-refractivity contribution < 1.29 is 9.53 Å². The average molecular weight is 291 g/mol. The maximum atomic E-state index is 12.1. The molecule has 1 aliphatic carbocycles. The molecule has 0 aliphatic heterocycles. The zero-order valence-electron chi connectivity index (χ0n) is 13.2. The minimum atomic E-state index is 0.0564. The van der Waals surface area contributed by atoms with Crippen LogP contribution in [0.5, 0.6) is 6.01 Å². The van der Waals surface area contributed by atoms with Gasteiger partial charge in [-0.15, -0.1) is 0 Å². The number of anilines is 1. The van der Waals surface area contributed by atoms with Crippen molar-refractivity contribution in [2.24, 2.45) is 5.92 Å². The number of carbonyl (C=O) groups is 1. The van der Waals surface area contributed by atoms with E-state index in [-0.39, 0.29) is 5.91 Å². The van der Waals surface area contributed by atoms with Crippen LogP contribution in [0.1, 0.15) is 56.8 Å². The van der Waals surface area contributed by atoms with Crippen molar-refractivity contribution in [1.29, 1.82) is 0 Å². The number of nitrogens with zero attached hydrogens (tertiary/aromatic N) is 2. The molecular formula is C16H25N3O2. The zero-order valence-corrected chi connectivity index (χ0v) is 13.2. The molecule has 0 aromatic carbocycles. The van der Waals surface area contributed by atoms with Crippen LogP contribution in [0, 0.1) is 19.8 Å². The Kier molecular flexibility index (Phi) is 5.53. The van der Waals surface area contributed by atoms with E-state index in [1.165, 1.54) is 25.7 Å². The summed E-state index contributed by atoms with van der Waals surface area (Å²) in [6.07, 6.45) is 6.75. The maximum absolute atomic E-state index is 12.1. The summed E-state index contributed by atoms with van der Waals surface area (Å²) in [5.41, 5.74) is 2.22. The van der Waals surface area contributed by atoms with Gasteiger partial charge in [-0.2, -0.15) is 9.97 Å². The number of aromatic nitrogens is 2. The highest BCUT2D eigenvalue weighted by Gasteiger charge is 2.17. The fourth-order valence-electron chi connectivity index (χ4n) is 2.90. The normalized spacial score (nSPS) is 15.2. The fraction of sp³-hybridized carbons (Fsp3) is 0.688. The van der Waals surface area contributed by atoms with Crippen molar-refractivity contribution in [1.82, 2.24) is 9.97 Å². The van der Waals surface area contributed by atoms with E-state index in [0.717, 1.165) is 29.4 Å². The first-order chi connectivity index (χ1) is 10.1. The van der Waals surface area contributed by atoms with Crippen LogP contribution in [-0.4, -0.2) is 22.5 Å². The minimum Gasteiger partial charge on any atom is -0.464 e. The molecule has 0 bridgehead atoms. The van der Waals surface area contributed by atoms with Gasteiger partial charge in [-0.3, -0.25) is 4.79 Å². The number of rotatable bonds is 6. The monoisotopic (exact) mass is 291 g/mol. The lowest BCUT2D eigenvalue weighted by atomic mass is 10.0. The highest BCUT2D eigenvalue weighted by atomic mass is 16.5. The van der Waals surface area contributed by atoms with Gasteiger partial charge in [0.15, 0.2) is 0 Å². The Labute approximate surface area is 126 Å². The summed E-state index contributed by atoms with van der Waals surface area (Å²) in [5, 5.41) is 2.95. The Morgan fingerprint density at radius 2 is 1.86 bits per heavy atom. The van der Waals surface area contributed by atoms with Crippen LogP contribution in [-0.2, 0) is 4.79 Å².